The van der Waals surface area contributed by atoms with Gasteiger partial charge in [0.25, 0.3) is 0 Å². The summed E-state index contributed by atoms with van der Waals surface area (Å²) in [5, 5.41) is 0. The third-order valence-electron chi connectivity index (χ3n) is 2.66. The van der Waals surface area contributed by atoms with Gasteiger partial charge in [-0.2, -0.15) is 0 Å². The minimum Gasteiger partial charge on any atom is -0.339 e. The summed E-state index contributed by atoms with van der Waals surface area (Å²) >= 11 is 0. The highest BCUT2D eigenvalue weighted by molar-refractivity contribution is 5.47. The van der Waals surface area contributed by atoms with E-state index in [4.69, 9.17) is 0 Å². The summed E-state index contributed by atoms with van der Waals surface area (Å²) in [6, 6.07) is 5.72. The van der Waals surface area contributed by atoms with E-state index in [1.807, 2.05) is 29.0 Å². The number of imidazole rings is 1. The van der Waals surface area contributed by atoms with E-state index < -0.39 is 0 Å². The van der Waals surface area contributed by atoms with E-state index in [1.54, 1.807) is 23.6 Å². The second-order valence-electron chi connectivity index (χ2n) is 4.05. The fourth-order valence-corrected chi connectivity index (χ4v) is 1.74. The Morgan fingerprint density at radius 1 is 1.30 bits per heavy atom. The van der Waals surface area contributed by atoms with Crippen molar-refractivity contribution in [2.45, 2.75) is 19.5 Å². The van der Waals surface area contributed by atoms with Gasteiger partial charge in [-0.1, -0.05) is 6.07 Å². The molecule has 0 radical (unpaired) electrons. The lowest BCUT2D eigenvalue weighted by molar-refractivity contribution is -0.118. The average Bonchev–Trinajstić information content (AvgIpc) is 3.02. The zero-order valence-electron chi connectivity index (χ0n) is 11.3. The van der Waals surface area contributed by atoms with Crippen LogP contribution in [0.15, 0.2) is 43.1 Å². The van der Waals surface area contributed by atoms with Crippen LogP contribution < -0.4 is 0 Å². The van der Waals surface area contributed by atoms with E-state index >= 15 is 0 Å². The molecule has 0 N–H and O–H groups in total. The lowest BCUT2D eigenvalue weighted by Crippen LogP contribution is -2.24. The van der Waals surface area contributed by atoms with Crippen LogP contribution >= 0.6 is 0 Å². The van der Waals surface area contributed by atoms with Gasteiger partial charge in [-0.25, -0.2) is 4.98 Å². The van der Waals surface area contributed by atoms with Crippen molar-refractivity contribution in [1.82, 2.24) is 19.4 Å². The highest BCUT2D eigenvalue weighted by atomic mass is 16.1. The second kappa shape index (κ2) is 9.34. The fraction of sp³-hybridized carbons (Fsp3) is 0.267. The smallest absolute Gasteiger partial charge is 0.210 e. The van der Waals surface area contributed by atoms with Gasteiger partial charge < -0.3 is 9.47 Å². The lowest BCUT2D eigenvalue weighted by Gasteiger charge is -2.16. The van der Waals surface area contributed by atoms with Crippen LogP contribution in [-0.4, -0.2) is 32.4 Å². The molecular weight excluding hydrogens is 252 g/mol. The maximum atomic E-state index is 11.0. The van der Waals surface area contributed by atoms with Gasteiger partial charge in [0.05, 0.1) is 18.6 Å². The quantitative estimate of drug-likeness (QED) is 0.567. The molecule has 2 rings (SSSR count). The van der Waals surface area contributed by atoms with Crippen LogP contribution in [0.25, 0.3) is 0 Å². The Balaban J connectivity index is 0.000000956. The van der Waals surface area contributed by atoms with Gasteiger partial charge >= 0.3 is 0 Å². The van der Waals surface area contributed by atoms with Gasteiger partial charge in [-0.15, -0.1) is 12.8 Å². The number of pyridine rings is 1. The number of nitrogens with zero attached hydrogens (tertiary/aromatic N) is 4. The monoisotopic (exact) mass is 270 g/mol. The SMILES string of the molecule is C#C.O=CN(CCCn1ccnc1)Cc1ccccn1. The molecule has 2 aromatic rings. The van der Waals surface area contributed by atoms with Gasteiger partial charge in [0.1, 0.15) is 0 Å². The minimum atomic E-state index is 0.564. The highest BCUT2D eigenvalue weighted by Gasteiger charge is 2.03. The molecule has 0 spiro atoms. The standard InChI is InChI=1S/C13H16N4O.C2H2/c18-12-17(10-13-4-1-2-5-15-13)8-3-7-16-9-6-14-11-16;1-2/h1-2,4-6,9,11-12H,3,7-8,10H2;1-2H. The van der Waals surface area contributed by atoms with Gasteiger partial charge in [0, 0.05) is 31.7 Å². The molecule has 0 aliphatic rings. The summed E-state index contributed by atoms with van der Waals surface area (Å²) in [5.74, 6) is 0. The number of carbonyl (C=O) groups excluding carboxylic acids is 1. The maximum absolute atomic E-state index is 11.0. The molecule has 2 aromatic heterocycles. The zero-order valence-corrected chi connectivity index (χ0v) is 11.3. The molecule has 0 atom stereocenters. The molecular formula is C15H18N4O. The molecule has 0 saturated heterocycles. The Labute approximate surface area is 119 Å². The van der Waals surface area contributed by atoms with E-state index in [0.717, 1.165) is 31.6 Å². The Kier molecular flexibility index (Phi) is 7.21. The Bertz CT molecular complexity index is 493. The number of aromatic nitrogens is 3. The molecule has 2 heterocycles. The van der Waals surface area contributed by atoms with Crippen LogP contribution in [0.1, 0.15) is 12.1 Å². The first-order valence-corrected chi connectivity index (χ1v) is 6.27. The summed E-state index contributed by atoms with van der Waals surface area (Å²) in [7, 11) is 0. The van der Waals surface area contributed by atoms with Crippen molar-refractivity contribution in [2.75, 3.05) is 6.54 Å². The maximum Gasteiger partial charge on any atom is 0.210 e. The summed E-state index contributed by atoms with van der Waals surface area (Å²) in [6.45, 7) is 2.15. The highest BCUT2D eigenvalue weighted by Crippen LogP contribution is 2.01. The summed E-state index contributed by atoms with van der Waals surface area (Å²) < 4.78 is 2.00. The third-order valence-corrected chi connectivity index (χ3v) is 2.66. The number of rotatable bonds is 7. The van der Waals surface area contributed by atoms with Crippen LogP contribution in [0.4, 0.5) is 0 Å². The van der Waals surface area contributed by atoms with Gasteiger partial charge in [-0.3, -0.25) is 9.78 Å². The minimum absolute atomic E-state index is 0.564. The van der Waals surface area contributed by atoms with Crippen LogP contribution in [-0.2, 0) is 17.9 Å². The average molecular weight is 270 g/mol. The number of carbonyl (C=O) groups is 1. The lowest BCUT2D eigenvalue weighted by atomic mass is 10.3. The summed E-state index contributed by atoms with van der Waals surface area (Å²) in [4.78, 5) is 20.9. The van der Waals surface area contributed by atoms with Crippen molar-refractivity contribution in [1.29, 1.82) is 0 Å². The molecule has 104 valence electrons. The van der Waals surface area contributed by atoms with E-state index in [-0.39, 0.29) is 0 Å². The Morgan fingerprint density at radius 2 is 2.15 bits per heavy atom. The Hall–Kier alpha value is -2.61. The topological polar surface area (TPSA) is 51.0 Å². The van der Waals surface area contributed by atoms with Crippen molar-refractivity contribution in [3.63, 3.8) is 0 Å². The number of hydrogen-bond donors (Lipinski definition) is 0. The van der Waals surface area contributed by atoms with Crippen molar-refractivity contribution >= 4 is 6.41 Å². The molecule has 20 heavy (non-hydrogen) atoms. The Morgan fingerprint density at radius 3 is 2.75 bits per heavy atom. The van der Waals surface area contributed by atoms with Crippen molar-refractivity contribution in [2.24, 2.45) is 0 Å². The van der Waals surface area contributed by atoms with Crippen LogP contribution in [0, 0.1) is 12.8 Å². The summed E-state index contributed by atoms with van der Waals surface area (Å²) in [5.41, 5.74) is 0.909. The van der Waals surface area contributed by atoms with Crippen molar-refractivity contribution < 1.29 is 4.79 Å². The first-order chi connectivity index (χ1) is 9.88. The molecule has 0 aliphatic carbocycles. The first kappa shape index (κ1) is 15.4. The molecule has 5 heteroatoms. The predicted octanol–water partition coefficient (Wildman–Crippen LogP) is 1.58. The second-order valence-corrected chi connectivity index (χ2v) is 4.05. The van der Waals surface area contributed by atoms with E-state index in [1.165, 1.54) is 0 Å². The van der Waals surface area contributed by atoms with Crippen molar-refractivity contribution in [3.8, 4) is 12.8 Å². The van der Waals surface area contributed by atoms with E-state index in [9.17, 15) is 4.79 Å². The molecule has 0 aliphatic heterocycles. The number of terminal acetylenes is 1. The molecule has 0 saturated carbocycles. The largest absolute Gasteiger partial charge is 0.339 e. The van der Waals surface area contributed by atoms with Gasteiger partial charge in [-0.05, 0) is 18.6 Å². The van der Waals surface area contributed by atoms with Gasteiger partial charge in [0.15, 0.2) is 0 Å². The predicted molar refractivity (Wildman–Crippen MR) is 77.4 cm³/mol. The molecule has 0 aromatic carbocycles. The number of aryl methyl sites for hydroxylation is 1. The summed E-state index contributed by atoms with van der Waals surface area (Å²) in [6.07, 6.45) is 17.0. The third kappa shape index (κ3) is 5.36. The zero-order chi connectivity index (χ0) is 14.6. The normalized spacial score (nSPS) is 9.30. The van der Waals surface area contributed by atoms with E-state index in [2.05, 4.69) is 22.8 Å². The number of amides is 1. The number of hydrogen-bond acceptors (Lipinski definition) is 3. The van der Waals surface area contributed by atoms with E-state index in [0.29, 0.717) is 6.54 Å². The van der Waals surface area contributed by atoms with Crippen LogP contribution in [0.2, 0.25) is 0 Å². The van der Waals surface area contributed by atoms with Crippen molar-refractivity contribution in [3.05, 3.63) is 48.8 Å². The fourth-order valence-electron chi connectivity index (χ4n) is 1.74. The first-order valence-electron chi connectivity index (χ1n) is 6.27. The molecule has 0 bridgehead atoms. The van der Waals surface area contributed by atoms with Gasteiger partial charge in [0.2, 0.25) is 6.41 Å². The van der Waals surface area contributed by atoms with Crippen LogP contribution in [0.5, 0.6) is 0 Å². The molecule has 5 nitrogen and oxygen atoms in total. The molecule has 0 fully saturated rings. The molecule has 0 unspecified atom stereocenters. The molecule has 1 amide bonds. The van der Waals surface area contributed by atoms with Crippen LogP contribution in [0.3, 0.4) is 0 Å².